The summed E-state index contributed by atoms with van der Waals surface area (Å²) in [5.41, 5.74) is 2.59. The van der Waals surface area contributed by atoms with Crippen LogP contribution in [0, 0.1) is 0 Å². The van der Waals surface area contributed by atoms with Crippen LogP contribution in [0.1, 0.15) is 12.8 Å². The van der Waals surface area contributed by atoms with Crippen molar-refractivity contribution in [1.29, 1.82) is 0 Å². The predicted octanol–water partition coefficient (Wildman–Crippen LogP) is -0.375. The maximum absolute atomic E-state index is 11.7. The molecule has 1 aliphatic heterocycles. The lowest BCUT2D eigenvalue weighted by atomic mass is 10.1. The Morgan fingerprint density at radius 3 is 2.94 bits per heavy atom. The first-order chi connectivity index (χ1) is 7.66. The smallest absolute Gasteiger partial charge is 0.273 e. The molecular formula is C9H11N5O2. The van der Waals surface area contributed by atoms with E-state index in [1.54, 1.807) is 24.0 Å². The molecule has 2 N–H and O–H groups in total. The van der Waals surface area contributed by atoms with Crippen molar-refractivity contribution in [2.75, 3.05) is 5.32 Å². The Labute approximate surface area is 91.5 Å². The molecule has 84 valence electrons. The van der Waals surface area contributed by atoms with Crippen molar-refractivity contribution in [1.82, 2.24) is 15.2 Å². The average molecular weight is 221 g/mol. The normalized spacial score (nSPS) is 15.3. The highest BCUT2D eigenvalue weighted by Gasteiger charge is 2.18. The number of aromatic nitrogens is 2. The SMILES string of the molecule is Cn1nccc1NC(=O)C1=NNC(=O)CC1. The van der Waals surface area contributed by atoms with Gasteiger partial charge in [-0.05, 0) is 0 Å². The molecule has 0 saturated carbocycles. The first kappa shape index (κ1) is 10.3. The molecule has 0 radical (unpaired) electrons. The van der Waals surface area contributed by atoms with Crippen LogP contribution in [0.5, 0.6) is 0 Å². The van der Waals surface area contributed by atoms with Crippen molar-refractivity contribution in [3.8, 4) is 0 Å². The Bertz CT molecular complexity index is 462. The van der Waals surface area contributed by atoms with Gasteiger partial charge in [-0.3, -0.25) is 14.3 Å². The predicted molar refractivity (Wildman–Crippen MR) is 56.6 cm³/mol. The van der Waals surface area contributed by atoms with E-state index < -0.39 is 0 Å². The minimum atomic E-state index is -0.316. The molecule has 0 aliphatic carbocycles. The van der Waals surface area contributed by atoms with Crippen LogP contribution in [0.3, 0.4) is 0 Å². The highest BCUT2D eigenvalue weighted by Crippen LogP contribution is 2.06. The molecule has 7 heteroatoms. The van der Waals surface area contributed by atoms with Crippen LogP contribution in [0.2, 0.25) is 0 Å². The second-order valence-corrected chi connectivity index (χ2v) is 3.39. The van der Waals surface area contributed by atoms with Crippen LogP contribution >= 0.6 is 0 Å². The van der Waals surface area contributed by atoms with Crippen molar-refractivity contribution in [2.45, 2.75) is 12.8 Å². The lowest BCUT2D eigenvalue weighted by Gasteiger charge is -2.11. The Morgan fingerprint density at radius 1 is 1.56 bits per heavy atom. The fourth-order valence-corrected chi connectivity index (χ4v) is 1.32. The van der Waals surface area contributed by atoms with Gasteiger partial charge >= 0.3 is 0 Å². The molecule has 7 nitrogen and oxygen atoms in total. The summed E-state index contributed by atoms with van der Waals surface area (Å²) >= 11 is 0. The topological polar surface area (TPSA) is 88.4 Å². The molecule has 0 aromatic carbocycles. The quantitative estimate of drug-likeness (QED) is 0.713. The van der Waals surface area contributed by atoms with Gasteiger partial charge in [0.05, 0.1) is 6.20 Å². The highest BCUT2D eigenvalue weighted by molar-refractivity contribution is 6.43. The largest absolute Gasteiger partial charge is 0.306 e. The van der Waals surface area contributed by atoms with Gasteiger partial charge in [0.1, 0.15) is 11.5 Å². The van der Waals surface area contributed by atoms with Gasteiger partial charge in [-0.1, -0.05) is 0 Å². The monoisotopic (exact) mass is 221 g/mol. The third kappa shape index (κ3) is 2.08. The zero-order valence-corrected chi connectivity index (χ0v) is 8.73. The minimum absolute atomic E-state index is 0.169. The lowest BCUT2D eigenvalue weighted by molar-refractivity contribution is -0.121. The summed E-state index contributed by atoms with van der Waals surface area (Å²) in [6.07, 6.45) is 2.23. The summed E-state index contributed by atoms with van der Waals surface area (Å²) in [5, 5.41) is 10.3. The van der Waals surface area contributed by atoms with E-state index in [1.165, 1.54) is 0 Å². The molecule has 0 atom stereocenters. The maximum atomic E-state index is 11.7. The molecule has 16 heavy (non-hydrogen) atoms. The number of aryl methyl sites for hydroxylation is 1. The summed E-state index contributed by atoms with van der Waals surface area (Å²) in [5.74, 6) is 0.102. The van der Waals surface area contributed by atoms with Crippen LogP contribution in [0.25, 0.3) is 0 Å². The zero-order valence-electron chi connectivity index (χ0n) is 8.73. The molecule has 2 rings (SSSR count). The summed E-state index contributed by atoms with van der Waals surface area (Å²) in [7, 11) is 1.72. The van der Waals surface area contributed by atoms with E-state index in [4.69, 9.17) is 0 Å². The van der Waals surface area contributed by atoms with E-state index >= 15 is 0 Å². The first-order valence-electron chi connectivity index (χ1n) is 4.81. The standard InChI is InChI=1S/C9H11N5O2/c1-14-7(4-5-10-14)11-9(16)6-2-3-8(15)13-12-6/h4-5H,2-3H2,1H3,(H,11,16)(H,13,15). The van der Waals surface area contributed by atoms with E-state index in [2.05, 4.69) is 20.9 Å². The van der Waals surface area contributed by atoms with Crippen molar-refractivity contribution in [3.05, 3.63) is 12.3 Å². The van der Waals surface area contributed by atoms with Gasteiger partial charge in [0.25, 0.3) is 5.91 Å². The third-order valence-corrected chi connectivity index (χ3v) is 2.23. The van der Waals surface area contributed by atoms with Gasteiger partial charge in [-0.15, -0.1) is 0 Å². The van der Waals surface area contributed by atoms with E-state index in [9.17, 15) is 9.59 Å². The van der Waals surface area contributed by atoms with E-state index in [-0.39, 0.29) is 18.2 Å². The Balaban J connectivity index is 2.04. The number of nitrogens with zero attached hydrogens (tertiary/aromatic N) is 3. The molecule has 0 fully saturated rings. The molecular weight excluding hydrogens is 210 g/mol. The van der Waals surface area contributed by atoms with Gasteiger partial charge in [-0.25, -0.2) is 5.43 Å². The van der Waals surface area contributed by atoms with Crippen LogP contribution in [-0.4, -0.2) is 27.3 Å². The second-order valence-electron chi connectivity index (χ2n) is 3.39. The number of anilines is 1. The Hall–Kier alpha value is -2.18. The number of amides is 2. The van der Waals surface area contributed by atoms with Crippen LogP contribution in [0.15, 0.2) is 17.4 Å². The van der Waals surface area contributed by atoms with Gasteiger partial charge in [0.2, 0.25) is 5.91 Å². The third-order valence-electron chi connectivity index (χ3n) is 2.23. The van der Waals surface area contributed by atoms with E-state index in [1.807, 2.05) is 0 Å². The first-order valence-corrected chi connectivity index (χ1v) is 4.81. The molecule has 0 unspecified atom stereocenters. The Morgan fingerprint density at radius 2 is 2.38 bits per heavy atom. The van der Waals surface area contributed by atoms with Crippen molar-refractivity contribution < 1.29 is 9.59 Å². The van der Waals surface area contributed by atoms with Crippen molar-refractivity contribution in [3.63, 3.8) is 0 Å². The summed E-state index contributed by atoms with van der Waals surface area (Å²) in [6.45, 7) is 0. The fraction of sp³-hybridized carbons (Fsp3) is 0.333. The van der Waals surface area contributed by atoms with Crippen LogP contribution in [-0.2, 0) is 16.6 Å². The number of rotatable bonds is 2. The number of nitrogens with one attached hydrogen (secondary N) is 2. The number of hydrazone groups is 1. The number of hydrogen-bond acceptors (Lipinski definition) is 4. The number of carbonyl (C=O) groups is 2. The summed E-state index contributed by atoms with van der Waals surface area (Å²) < 4.78 is 1.54. The highest BCUT2D eigenvalue weighted by atomic mass is 16.2. The molecule has 1 aromatic heterocycles. The minimum Gasteiger partial charge on any atom is -0.306 e. The molecule has 2 amide bonds. The average Bonchev–Trinajstić information content (AvgIpc) is 2.65. The van der Waals surface area contributed by atoms with E-state index in [0.29, 0.717) is 18.0 Å². The van der Waals surface area contributed by atoms with Crippen molar-refractivity contribution >= 4 is 23.3 Å². The molecule has 0 saturated heterocycles. The van der Waals surface area contributed by atoms with Gasteiger partial charge in [0, 0.05) is 26.0 Å². The molecule has 2 heterocycles. The van der Waals surface area contributed by atoms with Crippen LogP contribution in [0.4, 0.5) is 5.82 Å². The molecule has 0 spiro atoms. The molecule has 1 aliphatic rings. The lowest BCUT2D eigenvalue weighted by Crippen LogP contribution is -2.33. The molecule has 0 bridgehead atoms. The maximum Gasteiger partial charge on any atom is 0.273 e. The Kier molecular flexibility index (Phi) is 2.67. The fourth-order valence-electron chi connectivity index (χ4n) is 1.32. The van der Waals surface area contributed by atoms with Crippen molar-refractivity contribution in [2.24, 2.45) is 12.1 Å². The van der Waals surface area contributed by atoms with Crippen LogP contribution < -0.4 is 10.7 Å². The second kappa shape index (κ2) is 4.13. The molecule has 1 aromatic rings. The van der Waals surface area contributed by atoms with Gasteiger partial charge in [0.15, 0.2) is 0 Å². The summed E-state index contributed by atoms with van der Waals surface area (Å²) in [6, 6.07) is 1.68. The van der Waals surface area contributed by atoms with Gasteiger partial charge < -0.3 is 5.32 Å². The number of carbonyl (C=O) groups excluding carboxylic acids is 2. The zero-order chi connectivity index (χ0) is 11.5. The number of hydrogen-bond donors (Lipinski definition) is 2. The summed E-state index contributed by atoms with van der Waals surface area (Å²) in [4.78, 5) is 22.5. The van der Waals surface area contributed by atoms with Gasteiger partial charge in [-0.2, -0.15) is 10.2 Å². The van der Waals surface area contributed by atoms with E-state index in [0.717, 1.165) is 0 Å².